The summed E-state index contributed by atoms with van der Waals surface area (Å²) in [6.07, 6.45) is 0.604. The second-order valence-electron chi connectivity index (χ2n) is 27.4. The third-order valence-electron chi connectivity index (χ3n) is 16.7. The molecule has 0 atom stereocenters. The van der Waals surface area contributed by atoms with Crippen LogP contribution in [0.15, 0.2) is 258 Å². The number of carbonyl (C=O) groups excluding carboxylic acids is 4. The lowest BCUT2D eigenvalue weighted by Gasteiger charge is -2.24. The van der Waals surface area contributed by atoms with Gasteiger partial charge in [-0.15, -0.1) is 0 Å². The van der Waals surface area contributed by atoms with Crippen molar-refractivity contribution in [3.63, 3.8) is 0 Å². The average molecular weight is 2130 g/mol. The van der Waals surface area contributed by atoms with Gasteiger partial charge in [0.05, 0.1) is 98.4 Å². The molecule has 0 spiro atoms. The van der Waals surface area contributed by atoms with E-state index in [1.54, 1.807) is 42.5 Å². The molecular weight excluding hydrogens is 2060 g/mol. The van der Waals surface area contributed by atoms with Crippen LogP contribution in [0.5, 0.6) is 23.0 Å². The van der Waals surface area contributed by atoms with Crippen molar-refractivity contribution in [2.24, 2.45) is 0 Å². The number of esters is 2. The summed E-state index contributed by atoms with van der Waals surface area (Å²) < 4.78 is 301. The molecular formula is C82H77IO41S9-10. The Hall–Kier alpha value is -11.7. The Labute approximate surface area is 781 Å². The Morgan fingerprint density at radius 3 is 1.00 bits per heavy atom. The molecule has 722 valence electrons. The molecule has 0 amide bonds. The number of hydrogen-bond acceptors (Lipinski definition) is 39. The zero-order valence-corrected chi connectivity index (χ0v) is 80.0. The molecule has 41 nitrogen and oxygen atoms in total. The molecule has 0 aliphatic carbocycles. The fourth-order valence-electron chi connectivity index (χ4n) is 10.4. The molecule has 51 heteroatoms. The molecule has 0 fully saturated rings. The fourth-order valence-corrected chi connectivity index (χ4v) is 15.2. The van der Waals surface area contributed by atoms with Crippen LogP contribution >= 0.6 is 0 Å². The van der Waals surface area contributed by atoms with Crippen molar-refractivity contribution < 1.29 is 209 Å². The number of Topliss-reactive ketones (excluding diaryl/α,β-unsaturated/α-hetero) is 1. The number of ketones is 2. The molecule has 0 aromatic heterocycles. The lowest BCUT2D eigenvalue weighted by Crippen LogP contribution is -3.00. The van der Waals surface area contributed by atoms with Crippen molar-refractivity contribution in [2.75, 3.05) is 27.6 Å². The van der Waals surface area contributed by atoms with Crippen molar-refractivity contribution in [3.05, 3.63) is 274 Å². The van der Waals surface area contributed by atoms with Crippen LogP contribution in [0.4, 0.5) is 0 Å². The molecule has 0 unspecified atom stereocenters. The quantitative estimate of drug-likeness (QED) is 0.0264. The monoisotopic (exact) mass is 2130 g/mol. The minimum Gasteiger partial charge on any atom is -1.00 e. The maximum absolute atomic E-state index is 12.2. The SMILES string of the molecule is CC(=O)c1ccc(S(=O)(=O)[O-])cc1.CC(C)c1cc(C(C)C)c(S(=O)(=O)[O-])c(C(C)C)c1.COC(=O)c1cc(C(=O)OC)cc(S(=O)(=O)[O-])c1.COc1cc(O)c(C(=O)c2ccccc2)cc1S(=O)(=O)[O-].CS(=O)(=O)[O-].O=C(O)c1cc(C(=O)O)cc(S(=O)(=O)[O-])c1.O=S(=O)([O-])c1ccc(O)cc1.O=S(=O)([O-])c1ccc2cc(O)ccc2c1.O=S(=O)([O-])c1ccc2ccccc2c1.[I-]. The zero-order chi connectivity index (χ0) is 101. The number of phenols is 3. The lowest BCUT2D eigenvalue weighted by molar-refractivity contribution is -0.000130. The molecule has 0 bridgehead atoms. The first-order valence-corrected chi connectivity index (χ1v) is 49.3. The van der Waals surface area contributed by atoms with E-state index in [0.717, 1.165) is 110 Å². The van der Waals surface area contributed by atoms with Crippen molar-refractivity contribution in [3.8, 4) is 23.0 Å². The summed E-state index contributed by atoms with van der Waals surface area (Å²) in [6.45, 7) is 13.2. The smallest absolute Gasteiger partial charge is 0.337 e. The number of methoxy groups -OCH3 is 3. The zero-order valence-electron chi connectivity index (χ0n) is 70.5. The Morgan fingerprint density at radius 1 is 0.323 bits per heavy atom. The number of halogens is 1. The largest absolute Gasteiger partial charge is 1.00 e. The van der Waals surface area contributed by atoms with E-state index < -0.39 is 152 Å². The number of fused-ring (bicyclic) bond motifs is 2. The predicted octanol–water partition coefficient (Wildman–Crippen LogP) is 6.10. The number of hydrogen-bond donors (Lipinski definition) is 5. The lowest BCUT2D eigenvalue weighted by atomic mass is 9.89. The Morgan fingerprint density at radius 2 is 0.654 bits per heavy atom. The van der Waals surface area contributed by atoms with E-state index >= 15 is 0 Å². The Kier molecular flexibility index (Phi) is 43.5. The summed E-state index contributed by atoms with van der Waals surface area (Å²) in [5, 5.41) is 47.9. The van der Waals surface area contributed by atoms with Crippen molar-refractivity contribution in [1.82, 2.24) is 0 Å². The molecule has 0 aliphatic heterocycles. The maximum Gasteiger partial charge on any atom is 0.337 e. The van der Waals surface area contributed by atoms with Crippen LogP contribution in [0.1, 0.15) is 151 Å². The minimum atomic E-state index is -4.89. The van der Waals surface area contributed by atoms with Crippen LogP contribution in [-0.4, -0.2) is 205 Å². The van der Waals surface area contributed by atoms with Crippen LogP contribution < -0.4 is 28.7 Å². The van der Waals surface area contributed by atoms with E-state index in [4.69, 9.17) is 33.0 Å². The summed E-state index contributed by atoms with van der Waals surface area (Å²) in [6, 6.07) is 47.6. The van der Waals surface area contributed by atoms with E-state index in [1.165, 1.54) is 73.7 Å². The van der Waals surface area contributed by atoms with Gasteiger partial charge in [-0.05, 0) is 178 Å². The van der Waals surface area contributed by atoms with Gasteiger partial charge in [0.15, 0.2) is 11.6 Å². The number of phenolic OH excluding ortho intramolecular Hbond substituents is 3. The highest BCUT2D eigenvalue weighted by atomic mass is 127. The normalized spacial score (nSPS) is 11.4. The first-order valence-electron chi connectivity index (χ1n) is 36.2. The Bertz CT molecular complexity index is 7100. The van der Waals surface area contributed by atoms with Gasteiger partial charge in [0, 0.05) is 23.4 Å². The van der Waals surface area contributed by atoms with Crippen molar-refractivity contribution in [1.29, 1.82) is 0 Å². The molecule has 133 heavy (non-hydrogen) atoms. The van der Waals surface area contributed by atoms with Crippen LogP contribution in [-0.2, 0) is 101 Å². The van der Waals surface area contributed by atoms with Crippen LogP contribution in [0.25, 0.3) is 21.5 Å². The first kappa shape index (κ1) is 117. The van der Waals surface area contributed by atoms with Crippen LogP contribution in [0.3, 0.4) is 0 Å². The molecule has 11 aromatic rings. The van der Waals surface area contributed by atoms with E-state index in [-0.39, 0.29) is 106 Å². The van der Waals surface area contributed by atoms with Gasteiger partial charge in [-0.3, -0.25) is 9.59 Å². The van der Waals surface area contributed by atoms with Crippen LogP contribution in [0, 0.1) is 0 Å². The number of carbonyl (C=O) groups is 6. The number of aromatic hydroxyl groups is 3. The second-order valence-corrected chi connectivity index (χ2v) is 39.8. The summed E-state index contributed by atoms with van der Waals surface area (Å²) in [7, 11) is -37.1. The molecule has 0 heterocycles. The van der Waals surface area contributed by atoms with Crippen molar-refractivity contribution >= 4 is 148 Å². The molecule has 0 aliphatic rings. The fraction of sp³-hybridized carbons (Fsp3) is 0.171. The van der Waals surface area contributed by atoms with E-state index in [0.29, 0.717) is 51.8 Å². The number of carboxylic acids is 2. The topological polar surface area (TPSA) is 746 Å². The summed E-state index contributed by atoms with van der Waals surface area (Å²) in [4.78, 5) is 63.3. The van der Waals surface area contributed by atoms with Crippen molar-refractivity contribution in [2.45, 2.75) is 105 Å². The van der Waals surface area contributed by atoms with Gasteiger partial charge in [0.25, 0.3) is 0 Å². The maximum atomic E-state index is 12.2. The van der Waals surface area contributed by atoms with E-state index in [2.05, 4.69) is 23.3 Å². The first-order chi connectivity index (χ1) is 60.3. The summed E-state index contributed by atoms with van der Waals surface area (Å²) >= 11 is 0. The number of carboxylic acid groups (broad SMARTS) is 2. The average Bonchev–Trinajstić information content (AvgIpc) is 0.775. The number of rotatable bonds is 19. The molecule has 0 radical (unpaired) electrons. The Balaban J connectivity index is 0.000000513. The third-order valence-corrected chi connectivity index (χ3v) is 23.5. The summed E-state index contributed by atoms with van der Waals surface area (Å²) in [5.41, 5.74) is 1.12. The number of ether oxygens (including phenoxy) is 3. The molecule has 5 N–H and O–H groups in total. The van der Waals surface area contributed by atoms with Crippen LogP contribution in [0.2, 0.25) is 0 Å². The second kappa shape index (κ2) is 49.3. The van der Waals surface area contributed by atoms with Gasteiger partial charge < -0.3 is 105 Å². The highest BCUT2D eigenvalue weighted by Crippen LogP contribution is 2.36. The molecule has 0 saturated heterocycles. The van der Waals surface area contributed by atoms with Gasteiger partial charge in [-0.2, -0.15) is 0 Å². The van der Waals surface area contributed by atoms with Gasteiger partial charge in [-0.25, -0.2) is 94.9 Å². The standard InChI is InChI=1S/C15H24O3S.C14H12O6S.C10H10O7S.C10H8O4S.C10H8O3S.C8H6O7S.C8H8O4S.C6H6O4S.CH4O3S.HI/c1-9(2)12-7-13(10(3)4)15(19(16,17)18)14(8-12)11(5)6;1-20-12-8-11(15)10(7-13(12)21(17,18)19)14(16)9-5-3-2-4-6-9;1-16-9(11)6-3-7(10(12)17-2)5-8(4-6)18(13,14)15;11-9-3-1-8-6-10(15(12,13)14)4-2-7(8)5-9;11-14(12,13)10-6-5-8-3-1-2-4-9(8)7-10;9-7(10)4-1-5(8(11)12)3-6(2-4)16(13,14)15;1-6(9)7-2-4-8(5-3-7)13(10,11)12;7-5-1-3-6(4-2-5)11(8,9)10;1-5(2,3)4;/h7-11H,1-6H3,(H,16,17,18);2-8,15H,1H3,(H,17,18,19);3-5H,1-2H3,(H,13,14,15);1-6,11H,(H,12,13,14);1-7H,(H,11,12,13);1-3H,(H,9,10)(H,11,12)(H,13,14,15);2-5H,1H3,(H,10,11,12);1-4,7H,(H,8,9,10);1H3,(H,2,3,4);1H/p-10. The number of aromatic carboxylic acids is 2. The van der Waals surface area contributed by atoms with Gasteiger partial charge in [0.1, 0.15) is 104 Å². The van der Waals surface area contributed by atoms with Gasteiger partial charge >= 0.3 is 23.9 Å². The third kappa shape index (κ3) is 38.8. The van der Waals surface area contributed by atoms with E-state index in [9.17, 15) is 143 Å². The minimum absolute atomic E-state index is 0. The molecule has 11 aromatic carbocycles. The summed E-state index contributed by atoms with van der Waals surface area (Å²) in [5.74, 6) is -5.98. The van der Waals surface area contributed by atoms with E-state index in [1.807, 2.05) is 52.0 Å². The molecule has 11 rings (SSSR count). The van der Waals surface area contributed by atoms with Gasteiger partial charge in [0.2, 0.25) is 0 Å². The molecule has 0 saturated carbocycles. The number of benzene rings is 11. The highest BCUT2D eigenvalue weighted by molar-refractivity contribution is 7.87. The predicted molar refractivity (Wildman–Crippen MR) is 456 cm³/mol. The van der Waals surface area contributed by atoms with Gasteiger partial charge in [-0.1, -0.05) is 139 Å². The highest BCUT2D eigenvalue weighted by Gasteiger charge is 2.24.